The molecular formula is C12H23N3O3. The van der Waals surface area contributed by atoms with Crippen molar-refractivity contribution >= 4 is 5.84 Å². The van der Waals surface area contributed by atoms with Crippen LogP contribution in [0.5, 0.6) is 0 Å². The smallest absolute Gasteiger partial charge is 0.139 e. The molecule has 4 N–H and O–H groups in total. The third-order valence-electron chi connectivity index (χ3n) is 3.81. The fourth-order valence-corrected chi connectivity index (χ4v) is 2.83. The lowest BCUT2D eigenvalue weighted by atomic mass is 10.00. The van der Waals surface area contributed by atoms with E-state index < -0.39 is 0 Å². The summed E-state index contributed by atoms with van der Waals surface area (Å²) in [6, 6.07) is 0. The Hall–Kier alpha value is -0.850. The number of hydrogen-bond donors (Lipinski definition) is 3. The number of hydrogen-bond acceptors (Lipinski definition) is 5. The molecule has 2 atom stereocenters. The number of oxime groups is 1. The monoisotopic (exact) mass is 257 g/mol. The minimum absolute atomic E-state index is 0.0636. The second-order valence-corrected chi connectivity index (χ2v) is 5.71. The lowest BCUT2D eigenvalue weighted by Gasteiger charge is -2.38. The van der Waals surface area contributed by atoms with Gasteiger partial charge in [0.15, 0.2) is 0 Å². The average Bonchev–Trinajstić information content (AvgIpc) is 3.07. The van der Waals surface area contributed by atoms with Gasteiger partial charge in [-0.3, -0.25) is 4.90 Å². The van der Waals surface area contributed by atoms with Crippen LogP contribution in [0.1, 0.15) is 26.2 Å². The SMILES string of the molecule is CC1CN(CC2(CC(N)=NO)CC2)CC(CO)O1. The van der Waals surface area contributed by atoms with Gasteiger partial charge in [0.05, 0.1) is 18.8 Å². The van der Waals surface area contributed by atoms with E-state index in [2.05, 4.69) is 10.1 Å². The number of ether oxygens (including phenoxy) is 1. The van der Waals surface area contributed by atoms with Gasteiger partial charge in [-0.1, -0.05) is 5.16 Å². The molecule has 0 radical (unpaired) electrons. The van der Waals surface area contributed by atoms with Gasteiger partial charge in [0.1, 0.15) is 5.84 Å². The zero-order valence-electron chi connectivity index (χ0n) is 10.9. The van der Waals surface area contributed by atoms with E-state index in [-0.39, 0.29) is 24.2 Å². The largest absolute Gasteiger partial charge is 0.409 e. The van der Waals surface area contributed by atoms with Crippen LogP contribution in [0.15, 0.2) is 5.16 Å². The molecule has 0 bridgehead atoms. The van der Waals surface area contributed by atoms with Crippen molar-refractivity contribution in [2.45, 2.75) is 38.4 Å². The first-order chi connectivity index (χ1) is 8.57. The molecule has 1 heterocycles. The molecule has 0 aromatic heterocycles. The highest BCUT2D eigenvalue weighted by Gasteiger charge is 2.45. The van der Waals surface area contributed by atoms with Crippen molar-refractivity contribution in [3.05, 3.63) is 0 Å². The van der Waals surface area contributed by atoms with Crippen LogP contribution >= 0.6 is 0 Å². The molecule has 0 amide bonds. The second kappa shape index (κ2) is 5.42. The summed E-state index contributed by atoms with van der Waals surface area (Å²) in [7, 11) is 0. The van der Waals surface area contributed by atoms with Crippen LogP contribution in [0.4, 0.5) is 0 Å². The molecule has 2 unspecified atom stereocenters. The number of amidine groups is 1. The second-order valence-electron chi connectivity index (χ2n) is 5.71. The maximum Gasteiger partial charge on any atom is 0.139 e. The number of nitrogens with zero attached hydrogens (tertiary/aromatic N) is 2. The van der Waals surface area contributed by atoms with E-state index >= 15 is 0 Å². The Morgan fingerprint density at radius 1 is 1.50 bits per heavy atom. The van der Waals surface area contributed by atoms with Crippen molar-refractivity contribution < 1.29 is 15.1 Å². The minimum atomic E-state index is -0.0894. The van der Waals surface area contributed by atoms with Crippen molar-refractivity contribution in [1.82, 2.24) is 4.90 Å². The highest BCUT2D eigenvalue weighted by Crippen LogP contribution is 2.49. The van der Waals surface area contributed by atoms with E-state index in [1.165, 1.54) is 0 Å². The molecule has 0 aromatic carbocycles. The Kier molecular flexibility index (Phi) is 4.09. The fraction of sp³-hybridized carbons (Fsp3) is 0.917. The van der Waals surface area contributed by atoms with Crippen LogP contribution in [0.3, 0.4) is 0 Å². The van der Waals surface area contributed by atoms with E-state index in [1.54, 1.807) is 0 Å². The van der Waals surface area contributed by atoms with Crippen LogP contribution < -0.4 is 5.73 Å². The highest BCUT2D eigenvalue weighted by atomic mass is 16.5. The first-order valence-electron chi connectivity index (χ1n) is 6.52. The average molecular weight is 257 g/mol. The van der Waals surface area contributed by atoms with Crippen molar-refractivity contribution in [3.8, 4) is 0 Å². The van der Waals surface area contributed by atoms with Gasteiger partial charge in [-0.25, -0.2) is 0 Å². The maximum absolute atomic E-state index is 9.20. The predicted octanol–water partition coefficient (Wildman–Crippen LogP) is -0.0153. The molecule has 1 aliphatic heterocycles. The quantitative estimate of drug-likeness (QED) is 0.279. The van der Waals surface area contributed by atoms with Gasteiger partial charge in [-0.2, -0.15) is 0 Å². The molecule has 2 aliphatic rings. The summed E-state index contributed by atoms with van der Waals surface area (Å²) in [6.07, 6.45) is 2.96. The topological polar surface area (TPSA) is 91.3 Å². The van der Waals surface area contributed by atoms with Crippen LogP contribution in [-0.4, -0.2) is 59.5 Å². The summed E-state index contributed by atoms with van der Waals surface area (Å²) in [6.45, 7) is 4.67. The molecule has 104 valence electrons. The fourth-order valence-electron chi connectivity index (χ4n) is 2.83. The Bertz CT molecular complexity index is 318. The zero-order chi connectivity index (χ0) is 13.2. The van der Waals surface area contributed by atoms with Gasteiger partial charge in [0.2, 0.25) is 0 Å². The van der Waals surface area contributed by atoms with E-state index in [4.69, 9.17) is 15.7 Å². The summed E-state index contributed by atoms with van der Waals surface area (Å²) in [5.41, 5.74) is 5.78. The Morgan fingerprint density at radius 2 is 2.22 bits per heavy atom. The molecule has 6 heteroatoms. The molecule has 0 spiro atoms. The molecule has 2 fully saturated rings. The first-order valence-corrected chi connectivity index (χ1v) is 6.52. The van der Waals surface area contributed by atoms with Crippen LogP contribution in [0.2, 0.25) is 0 Å². The van der Waals surface area contributed by atoms with Gasteiger partial charge in [-0.15, -0.1) is 0 Å². The molecule has 1 saturated heterocycles. The van der Waals surface area contributed by atoms with E-state index in [0.29, 0.717) is 12.3 Å². The Labute approximate surface area is 107 Å². The normalized spacial score (nSPS) is 32.4. The lowest BCUT2D eigenvalue weighted by molar-refractivity contribution is -0.0985. The van der Waals surface area contributed by atoms with E-state index in [0.717, 1.165) is 32.5 Å². The molecule has 1 aliphatic carbocycles. The first kappa shape index (κ1) is 13.6. The zero-order valence-corrected chi connectivity index (χ0v) is 10.9. The number of morpholine rings is 1. The number of nitrogens with two attached hydrogens (primary N) is 1. The van der Waals surface area contributed by atoms with Crippen molar-refractivity contribution in [2.24, 2.45) is 16.3 Å². The summed E-state index contributed by atoms with van der Waals surface area (Å²) in [5, 5.41) is 20.9. The standard InChI is InChI=1S/C12H23N3O3/c1-9-5-15(6-10(7-16)18-9)8-12(2-3-12)4-11(13)14-17/h9-10,16-17H,2-8H2,1H3,(H2,13,14). The van der Waals surface area contributed by atoms with Gasteiger partial charge in [0, 0.05) is 26.1 Å². The van der Waals surface area contributed by atoms with Crippen LogP contribution in [0, 0.1) is 5.41 Å². The van der Waals surface area contributed by atoms with Gasteiger partial charge in [0.25, 0.3) is 0 Å². The molecule has 2 rings (SSSR count). The van der Waals surface area contributed by atoms with Crippen molar-refractivity contribution in [2.75, 3.05) is 26.2 Å². The van der Waals surface area contributed by atoms with Gasteiger partial charge < -0.3 is 20.8 Å². The third-order valence-corrected chi connectivity index (χ3v) is 3.81. The molecular weight excluding hydrogens is 234 g/mol. The summed E-state index contributed by atoms with van der Waals surface area (Å²) < 4.78 is 5.62. The van der Waals surface area contributed by atoms with E-state index in [1.807, 2.05) is 6.92 Å². The van der Waals surface area contributed by atoms with Crippen LogP contribution in [-0.2, 0) is 4.74 Å². The molecule has 18 heavy (non-hydrogen) atoms. The maximum atomic E-state index is 9.20. The Balaban J connectivity index is 1.88. The highest BCUT2D eigenvalue weighted by molar-refractivity contribution is 5.80. The summed E-state index contributed by atoms with van der Waals surface area (Å²) in [5.74, 6) is 0.313. The summed E-state index contributed by atoms with van der Waals surface area (Å²) >= 11 is 0. The summed E-state index contributed by atoms with van der Waals surface area (Å²) in [4.78, 5) is 2.33. The van der Waals surface area contributed by atoms with E-state index in [9.17, 15) is 5.11 Å². The number of rotatable bonds is 5. The van der Waals surface area contributed by atoms with Gasteiger partial charge >= 0.3 is 0 Å². The minimum Gasteiger partial charge on any atom is -0.409 e. The van der Waals surface area contributed by atoms with Crippen molar-refractivity contribution in [3.63, 3.8) is 0 Å². The van der Waals surface area contributed by atoms with Crippen LogP contribution in [0.25, 0.3) is 0 Å². The predicted molar refractivity (Wildman–Crippen MR) is 67.6 cm³/mol. The number of aliphatic hydroxyl groups is 1. The molecule has 6 nitrogen and oxygen atoms in total. The van der Waals surface area contributed by atoms with Crippen molar-refractivity contribution in [1.29, 1.82) is 0 Å². The molecule has 1 saturated carbocycles. The number of aliphatic hydroxyl groups excluding tert-OH is 1. The Morgan fingerprint density at radius 3 is 2.78 bits per heavy atom. The van der Waals surface area contributed by atoms with Gasteiger partial charge in [-0.05, 0) is 25.2 Å². The third kappa shape index (κ3) is 3.34. The molecule has 0 aromatic rings. The lowest BCUT2D eigenvalue weighted by Crippen LogP contribution is -2.49.